The van der Waals surface area contributed by atoms with Crippen LogP contribution in [0.1, 0.15) is 5.56 Å². The predicted octanol–water partition coefficient (Wildman–Crippen LogP) is 2.57. The lowest BCUT2D eigenvalue weighted by Crippen LogP contribution is -2.49. The molecular formula is C20H21FN6O2S. The van der Waals surface area contributed by atoms with Gasteiger partial charge in [-0.05, 0) is 36.8 Å². The minimum Gasteiger partial charge on any atom is -0.354 e. The lowest BCUT2D eigenvalue weighted by Gasteiger charge is -2.34. The number of hydrogen-bond donors (Lipinski definition) is 1. The van der Waals surface area contributed by atoms with E-state index in [9.17, 15) is 12.8 Å². The highest BCUT2D eigenvalue weighted by Gasteiger charge is 2.30. The van der Waals surface area contributed by atoms with Crippen molar-refractivity contribution in [2.75, 3.05) is 36.4 Å². The molecule has 0 unspecified atom stereocenters. The van der Waals surface area contributed by atoms with Gasteiger partial charge in [-0.1, -0.05) is 12.1 Å². The standard InChI is InChI=1S/C20H21FN6O2S/c1-15-6-7-22-18(12-15)25-19-13-20(24-14-23-19)26-8-10-27(11-9-26)30(28,29)17-5-3-2-4-16(17)21/h2-7,12-14H,8-11H2,1H3,(H,22,23,24,25). The second kappa shape index (κ2) is 8.33. The summed E-state index contributed by atoms with van der Waals surface area (Å²) in [4.78, 5) is 14.5. The van der Waals surface area contributed by atoms with Crippen LogP contribution in [0.15, 0.2) is 59.9 Å². The van der Waals surface area contributed by atoms with E-state index in [2.05, 4.69) is 20.3 Å². The molecule has 4 rings (SSSR count). The molecule has 3 aromatic rings. The third-order valence-electron chi connectivity index (χ3n) is 4.84. The van der Waals surface area contributed by atoms with Gasteiger partial charge in [0.15, 0.2) is 0 Å². The Kier molecular flexibility index (Phi) is 5.60. The van der Waals surface area contributed by atoms with E-state index in [1.54, 1.807) is 12.3 Å². The van der Waals surface area contributed by atoms with Crippen LogP contribution in [0, 0.1) is 12.7 Å². The van der Waals surface area contributed by atoms with E-state index < -0.39 is 15.8 Å². The number of nitrogens with zero attached hydrogens (tertiary/aromatic N) is 5. The van der Waals surface area contributed by atoms with Crippen molar-refractivity contribution in [3.8, 4) is 0 Å². The number of piperazine rings is 1. The highest BCUT2D eigenvalue weighted by Crippen LogP contribution is 2.23. The normalized spacial score (nSPS) is 15.2. The lowest BCUT2D eigenvalue weighted by atomic mass is 10.3. The Balaban J connectivity index is 1.45. The maximum Gasteiger partial charge on any atom is 0.246 e. The van der Waals surface area contributed by atoms with Gasteiger partial charge in [0, 0.05) is 38.4 Å². The van der Waals surface area contributed by atoms with Crippen molar-refractivity contribution >= 4 is 27.5 Å². The molecular weight excluding hydrogens is 407 g/mol. The van der Waals surface area contributed by atoms with Crippen LogP contribution in [0.5, 0.6) is 0 Å². The summed E-state index contributed by atoms with van der Waals surface area (Å²) in [6, 6.07) is 11.1. The van der Waals surface area contributed by atoms with E-state index in [1.807, 2.05) is 24.0 Å². The molecule has 30 heavy (non-hydrogen) atoms. The van der Waals surface area contributed by atoms with E-state index in [0.717, 1.165) is 11.6 Å². The summed E-state index contributed by atoms with van der Waals surface area (Å²) in [6.07, 6.45) is 3.17. The van der Waals surface area contributed by atoms with Crippen LogP contribution in [0.2, 0.25) is 0 Å². The first-order valence-electron chi connectivity index (χ1n) is 9.45. The Morgan fingerprint density at radius 1 is 0.967 bits per heavy atom. The van der Waals surface area contributed by atoms with Gasteiger partial charge < -0.3 is 10.2 Å². The van der Waals surface area contributed by atoms with Gasteiger partial charge in [-0.3, -0.25) is 0 Å². The zero-order valence-corrected chi connectivity index (χ0v) is 17.2. The summed E-state index contributed by atoms with van der Waals surface area (Å²) in [5.74, 6) is 1.22. The molecule has 1 N–H and O–H groups in total. The molecule has 2 aromatic heterocycles. The number of halogens is 1. The van der Waals surface area contributed by atoms with Crippen molar-refractivity contribution in [2.45, 2.75) is 11.8 Å². The highest BCUT2D eigenvalue weighted by molar-refractivity contribution is 7.89. The smallest absolute Gasteiger partial charge is 0.246 e. The number of hydrogen-bond acceptors (Lipinski definition) is 7. The molecule has 156 valence electrons. The molecule has 0 spiro atoms. The zero-order chi connectivity index (χ0) is 21.1. The van der Waals surface area contributed by atoms with Gasteiger partial charge in [-0.25, -0.2) is 27.8 Å². The van der Waals surface area contributed by atoms with Crippen LogP contribution in [0.25, 0.3) is 0 Å². The van der Waals surface area contributed by atoms with Crippen LogP contribution in [-0.2, 0) is 10.0 Å². The van der Waals surface area contributed by atoms with Gasteiger partial charge in [0.05, 0.1) is 0 Å². The topological polar surface area (TPSA) is 91.3 Å². The fourth-order valence-electron chi connectivity index (χ4n) is 3.27. The van der Waals surface area contributed by atoms with Crippen molar-refractivity contribution in [1.29, 1.82) is 0 Å². The molecule has 0 amide bonds. The van der Waals surface area contributed by atoms with Crippen LogP contribution >= 0.6 is 0 Å². The Bertz CT molecular complexity index is 1150. The maximum atomic E-state index is 14.0. The number of aryl methyl sites for hydroxylation is 1. The number of benzene rings is 1. The van der Waals surface area contributed by atoms with E-state index in [0.29, 0.717) is 30.5 Å². The van der Waals surface area contributed by atoms with Crippen molar-refractivity contribution in [3.63, 3.8) is 0 Å². The summed E-state index contributed by atoms with van der Waals surface area (Å²) in [5.41, 5.74) is 1.08. The van der Waals surface area contributed by atoms with Gasteiger partial charge in [0.2, 0.25) is 10.0 Å². The van der Waals surface area contributed by atoms with E-state index in [4.69, 9.17) is 0 Å². The van der Waals surface area contributed by atoms with Gasteiger partial charge in [-0.15, -0.1) is 0 Å². The number of aromatic nitrogens is 3. The third-order valence-corrected chi connectivity index (χ3v) is 6.77. The van der Waals surface area contributed by atoms with Gasteiger partial charge in [-0.2, -0.15) is 4.31 Å². The first-order valence-corrected chi connectivity index (χ1v) is 10.9. The first kappa shape index (κ1) is 20.2. The monoisotopic (exact) mass is 428 g/mol. The maximum absolute atomic E-state index is 14.0. The minimum absolute atomic E-state index is 0.239. The molecule has 3 heterocycles. The number of pyridine rings is 1. The van der Waals surface area contributed by atoms with Crippen LogP contribution < -0.4 is 10.2 Å². The summed E-state index contributed by atoms with van der Waals surface area (Å²) in [7, 11) is -3.87. The Labute approximate surface area is 174 Å². The predicted molar refractivity (Wildman–Crippen MR) is 112 cm³/mol. The number of sulfonamides is 1. The zero-order valence-electron chi connectivity index (χ0n) is 16.4. The van der Waals surface area contributed by atoms with Crippen molar-refractivity contribution in [3.05, 3.63) is 66.4 Å². The summed E-state index contributed by atoms with van der Waals surface area (Å²) < 4.78 is 40.8. The van der Waals surface area contributed by atoms with E-state index >= 15 is 0 Å². The molecule has 8 nitrogen and oxygen atoms in total. The highest BCUT2D eigenvalue weighted by atomic mass is 32.2. The van der Waals surface area contributed by atoms with Gasteiger partial charge >= 0.3 is 0 Å². The Morgan fingerprint density at radius 3 is 2.43 bits per heavy atom. The van der Waals surface area contributed by atoms with Crippen molar-refractivity contribution in [1.82, 2.24) is 19.3 Å². The second-order valence-corrected chi connectivity index (χ2v) is 8.83. The summed E-state index contributed by atoms with van der Waals surface area (Å²) in [6.45, 7) is 3.33. The number of anilines is 3. The Morgan fingerprint density at radius 2 is 1.70 bits per heavy atom. The SMILES string of the molecule is Cc1ccnc(Nc2cc(N3CCN(S(=O)(=O)c4ccccc4F)CC3)ncn2)c1. The molecule has 1 aliphatic heterocycles. The molecule has 0 atom stereocenters. The van der Waals surface area contributed by atoms with Gasteiger partial charge in [0.1, 0.15) is 34.5 Å². The minimum atomic E-state index is -3.87. The second-order valence-electron chi connectivity index (χ2n) is 6.93. The van der Waals surface area contributed by atoms with Crippen LogP contribution in [0.4, 0.5) is 21.8 Å². The average Bonchev–Trinajstić information content (AvgIpc) is 2.74. The largest absolute Gasteiger partial charge is 0.354 e. The number of nitrogens with one attached hydrogen (secondary N) is 1. The third kappa shape index (κ3) is 4.24. The molecule has 1 aromatic carbocycles. The van der Waals surface area contributed by atoms with Gasteiger partial charge in [0.25, 0.3) is 0 Å². The van der Waals surface area contributed by atoms with Crippen molar-refractivity contribution in [2.24, 2.45) is 0 Å². The first-order chi connectivity index (χ1) is 14.4. The molecule has 1 aliphatic rings. The fourth-order valence-corrected chi connectivity index (χ4v) is 4.76. The molecule has 0 aliphatic carbocycles. The molecule has 1 saturated heterocycles. The van der Waals surface area contributed by atoms with Crippen LogP contribution in [-0.4, -0.2) is 53.9 Å². The summed E-state index contributed by atoms with van der Waals surface area (Å²) in [5, 5.41) is 3.15. The average molecular weight is 428 g/mol. The van der Waals surface area contributed by atoms with E-state index in [1.165, 1.54) is 28.8 Å². The quantitative estimate of drug-likeness (QED) is 0.668. The molecule has 10 heteroatoms. The van der Waals surface area contributed by atoms with Crippen LogP contribution in [0.3, 0.4) is 0 Å². The summed E-state index contributed by atoms with van der Waals surface area (Å²) >= 11 is 0. The van der Waals surface area contributed by atoms with Crippen molar-refractivity contribution < 1.29 is 12.8 Å². The Hall–Kier alpha value is -3.11. The fraction of sp³-hybridized carbons (Fsp3) is 0.250. The number of rotatable bonds is 5. The molecule has 0 bridgehead atoms. The van der Waals surface area contributed by atoms with E-state index in [-0.39, 0.29) is 18.0 Å². The molecule has 0 saturated carbocycles. The molecule has 1 fully saturated rings. The molecule has 0 radical (unpaired) electrons. The lowest BCUT2D eigenvalue weighted by molar-refractivity contribution is 0.381.